The van der Waals surface area contributed by atoms with Crippen molar-refractivity contribution in [2.45, 2.75) is 26.2 Å². The molecule has 0 unspecified atom stereocenters. The number of nitriles is 1. The number of para-hydroxylation sites is 3. The highest BCUT2D eigenvalue weighted by molar-refractivity contribution is 8.03. The molecule has 1 aliphatic heterocycles. The quantitative estimate of drug-likeness (QED) is 0.266. The molecular formula is C31H29ClN4O3S. The van der Waals surface area contributed by atoms with Gasteiger partial charge in [-0.25, -0.2) is 0 Å². The van der Waals surface area contributed by atoms with E-state index in [-0.39, 0.29) is 11.7 Å². The van der Waals surface area contributed by atoms with Crippen molar-refractivity contribution in [3.05, 3.63) is 111 Å². The van der Waals surface area contributed by atoms with Gasteiger partial charge in [-0.15, -0.1) is 0 Å². The second-order valence-electron chi connectivity index (χ2n) is 8.97. The first-order valence-corrected chi connectivity index (χ1v) is 14.1. The van der Waals surface area contributed by atoms with Crippen molar-refractivity contribution >= 4 is 46.6 Å². The van der Waals surface area contributed by atoms with Crippen LogP contribution in [-0.4, -0.2) is 24.7 Å². The lowest BCUT2D eigenvalue weighted by Crippen LogP contribution is -2.31. The third-order valence-electron chi connectivity index (χ3n) is 6.48. The number of ether oxygens (including phenoxy) is 1. The molecule has 0 saturated heterocycles. The number of benzene rings is 3. The lowest BCUT2D eigenvalue weighted by Gasteiger charge is -2.30. The smallest absolute Gasteiger partial charge is 0.254 e. The number of halogens is 1. The largest absolute Gasteiger partial charge is 0.495 e. The summed E-state index contributed by atoms with van der Waals surface area (Å²) in [6, 6.07) is 24.2. The molecule has 3 aromatic carbocycles. The minimum Gasteiger partial charge on any atom is -0.495 e. The number of anilines is 2. The van der Waals surface area contributed by atoms with Gasteiger partial charge in [0.2, 0.25) is 5.91 Å². The monoisotopic (exact) mass is 572 g/mol. The molecule has 0 fully saturated rings. The van der Waals surface area contributed by atoms with Gasteiger partial charge < -0.3 is 20.7 Å². The van der Waals surface area contributed by atoms with Gasteiger partial charge in [0, 0.05) is 22.0 Å². The van der Waals surface area contributed by atoms with Crippen LogP contribution in [0.3, 0.4) is 0 Å². The number of amides is 2. The Balaban J connectivity index is 1.66. The fourth-order valence-electron chi connectivity index (χ4n) is 4.56. The number of carbonyl (C=O) groups excluding carboxylic acids is 2. The average molecular weight is 573 g/mol. The number of nitrogens with zero attached hydrogens (tertiary/aromatic N) is 1. The molecule has 3 N–H and O–H groups in total. The maximum atomic E-state index is 13.7. The lowest BCUT2D eigenvalue weighted by atomic mass is 9.82. The van der Waals surface area contributed by atoms with Crippen LogP contribution in [0.5, 0.6) is 5.75 Å². The highest BCUT2D eigenvalue weighted by Gasteiger charge is 2.36. The third-order valence-corrected chi connectivity index (χ3v) is 7.84. The van der Waals surface area contributed by atoms with Crippen LogP contribution in [0.1, 0.15) is 30.9 Å². The summed E-state index contributed by atoms with van der Waals surface area (Å²) >= 11 is 7.81. The Bertz CT molecular complexity index is 1540. The van der Waals surface area contributed by atoms with Crippen molar-refractivity contribution in [3.63, 3.8) is 0 Å². The van der Waals surface area contributed by atoms with E-state index in [0.29, 0.717) is 43.9 Å². The highest BCUT2D eigenvalue weighted by Crippen LogP contribution is 2.43. The number of thioether (sulfide) groups is 1. The zero-order valence-electron chi connectivity index (χ0n) is 22.4. The molecule has 0 aromatic heterocycles. The molecule has 0 radical (unpaired) electrons. The molecule has 1 heterocycles. The third kappa shape index (κ3) is 6.33. The Hall–Kier alpha value is -4.19. The number of methoxy groups -OCH3 is 1. The zero-order valence-corrected chi connectivity index (χ0v) is 24.0. The van der Waals surface area contributed by atoms with Gasteiger partial charge in [0.1, 0.15) is 5.75 Å². The number of aryl methyl sites for hydroxylation is 1. The summed E-state index contributed by atoms with van der Waals surface area (Å²) in [6.45, 7) is 3.80. The molecule has 40 heavy (non-hydrogen) atoms. The zero-order chi connectivity index (χ0) is 28.6. The van der Waals surface area contributed by atoms with E-state index >= 15 is 0 Å². The van der Waals surface area contributed by atoms with Gasteiger partial charge in [-0.3, -0.25) is 9.59 Å². The van der Waals surface area contributed by atoms with Crippen LogP contribution >= 0.6 is 23.4 Å². The van der Waals surface area contributed by atoms with E-state index in [2.05, 4.69) is 22.0 Å². The van der Waals surface area contributed by atoms with Gasteiger partial charge in [0.05, 0.1) is 41.1 Å². The van der Waals surface area contributed by atoms with Gasteiger partial charge in [-0.2, -0.15) is 5.26 Å². The first-order chi connectivity index (χ1) is 19.4. The van der Waals surface area contributed by atoms with E-state index < -0.39 is 11.8 Å². The first-order valence-electron chi connectivity index (χ1n) is 12.7. The molecule has 0 saturated carbocycles. The Kier molecular flexibility index (Phi) is 9.54. The lowest BCUT2D eigenvalue weighted by molar-refractivity contribution is -0.114. The second-order valence-corrected chi connectivity index (χ2v) is 10.4. The molecule has 7 nitrogen and oxygen atoms in total. The van der Waals surface area contributed by atoms with Crippen LogP contribution in [0.15, 0.2) is 94.7 Å². The van der Waals surface area contributed by atoms with E-state index in [0.717, 1.165) is 17.7 Å². The summed E-state index contributed by atoms with van der Waals surface area (Å²) in [5, 5.41) is 20.3. The predicted octanol–water partition coefficient (Wildman–Crippen LogP) is 6.62. The summed E-state index contributed by atoms with van der Waals surface area (Å²) < 4.78 is 5.39. The molecule has 2 amide bonds. The molecule has 3 aromatic rings. The molecule has 9 heteroatoms. The Morgan fingerprint density at radius 1 is 1.02 bits per heavy atom. The molecule has 1 aliphatic rings. The topological polar surface area (TPSA) is 103 Å². The summed E-state index contributed by atoms with van der Waals surface area (Å²) in [4.78, 5) is 26.6. The maximum Gasteiger partial charge on any atom is 0.254 e. The van der Waals surface area contributed by atoms with Gasteiger partial charge in [0.25, 0.3) is 5.91 Å². The van der Waals surface area contributed by atoms with E-state index in [1.165, 1.54) is 18.9 Å². The Morgan fingerprint density at radius 2 is 1.70 bits per heavy atom. The second kappa shape index (κ2) is 13.2. The highest BCUT2D eigenvalue weighted by atomic mass is 35.5. The molecule has 0 aliphatic carbocycles. The molecular weight excluding hydrogens is 544 g/mol. The van der Waals surface area contributed by atoms with Gasteiger partial charge in [-0.1, -0.05) is 78.8 Å². The van der Waals surface area contributed by atoms with Crippen molar-refractivity contribution in [1.29, 1.82) is 5.26 Å². The number of carbonyl (C=O) groups is 2. The summed E-state index contributed by atoms with van der Waals surface area (Å²) in [5.41, 5.74) is 4.12. The molecule has 0 spiro atoms. The standard InChI is InChI=1S/C31H29ClN4O3S/c1-4-20-11-5-8-14-24(20)35-27(37)18-40-31-22(17-33)29(21-12-6-7-13-23(21)32)28(19(2)34-31)30(38)36-25-15-9-10-16-26(25)39-3/h5-16,29,34H,4,18H2,1-3H3,(H,35,37)(H,36,38)/t29-/m0/s1. The van der Waals surface area contributed by atoms with Crippen LogP contribution in [-0.2, 0) is 16.0 Å². The van der Waals surface area contributed by atoms with Crippen molar-refractivity contribution in [2.75, 3.05) is 23.5 Å². The minimum atomic E-state index is -0.749. The van der Waals surface area contributed by atoms with Crippen LogP contribution in [0.4, 0.5) is 11.4 Å². The fourth-order valence-corrected chi connectivity index (χ4v) is 5.70. The summed E-state index contributed by atoms with van der Waals surface area (Å²) in [7, 11) is 1.53. The summed E-state index contributed by atoms with van der Waals surface area (Å²) in [6.07, 6.45) is 0.790. The van der Waals surface area contributed by atoms with Crippen molar-refractivity contribution in [3.8, 4) is 11.8 Å². The Morgan fingerprint density at radius 3 is 2.40 bits per heavy atom. The van der Waals surface area contributed by atoms with Crippen LogP contribution in [0, 0.1) is 11.3 Å². The number of hydrogen-bond acceptors (Lipinski definition) is 6. The van der Waals surface area contributed by atoms with Gasteiger partial charge in [-0.05, 0) is 48.7 Å². The van der Waals surface area contributed by atoms with E-state index in [1.54, 1.807) is 43.3 Å². The van der Waals surface area contributed by atoms with Crippen molar-refractivity contribution in [2.24, 2.45) is 0 Å². The molecule has 1 atom stereocenters. The van der Waals surface area contributed by atoms with Crippen LogP contribution in [0.2, 0.25) is 5.02 Å². The molecule has 204 valence electrons. The number of rotatable bonds is 9. The van der Waals surface area contributed by atoms with E-state index in [1.807, 2.05) is 43.3 Å². The van der Waals surface area contributed by atoms with E-state index in [9.17, 15) is 14.9 Å². The summed E-state index contributed by atoms with van der Waals surface area (Å²) in [5.74, 6) is -0.772. The number of hydrogen-bond donors (Lipinski definition) is 3. The minimum absolute atomic E-state index is 0.0663. The predicted molar refractivity (Wildman–Crippen MR) is 161 cm³/mol. The van der Waals surface area contributed by atoms with Crippen molar-refractivity contribution < 1.29 is 14.3 Å². The number of dihydropyridines is 1. The van der Waals surface area contributed by atoms with Crippen molar-refractivity contribution in [1.82, 2.24) is 5.32 Å². The number of allylic oxidation sites excluding steroid dienone is 2. The normalized spacial score (nSPS) is 14.7. The van der Waals surface area contributed by atoms with Crippen LogP contribution in [0.25, 0.3) is 0 Å². The average Bonchev–Trinajstić information content (AvgIpc) is 2.96. The van der Waals surface area contributed by atoms with E-state index in [4.69, 9.17) is 16.3 Å². The number of nitrogens with one attached hydrogen (secondary N) is 3. The van der Waals surface area contributed by atoms with Crippen LogP contribution < -0.4 is 20.7 Å². The maximum absolute atomic E-state index is 13.7. The molecule has 4 rings (SSSR count). The Labute approximate surface area is 243 Å². The SMILES string of the molecule is CCc1ccccc1NC(=O)CSC1=C(C#N)[C@H](c2ccccc2Cl)C(C(=O)Nc2ccccc2OC)=C(C)N1. The molecule has 0 bridgehead atoms. The van der Waals surface area contributed by atoms with Gasteiger partial charge in [0.15, 0.2) is 0 Å². The van der Waals surface area contributed by atoms with Gasteiger partial charge >= 0.3 is 0 Å². The fraction of sp³-hybridized carbons (Fsp3) is 0.194. The first kappa shape index (κ1) is 28.8.